The molecule has 0 saturated carbocycles. The molecule has 2 amide bonds. The smallest absolute Gasteiger partial charge is 0.246 e. The van der Waals surface area contributed by atoms with E-state index in [0.29, 0.717) is 13.0 Å². The van der Waals surface area contributed by atoms with E-state index < -0.39 is 6.04 Å². The Kier molecular flexibility index (Phi) is 3.75. The summed E-state index contributed by atoms with van der Waals surface area (Å²) in [5, 5.41) is 3.92. The predicted octanol–water partition coefficient (Wildman–Crippen LogP) is 1.97. The van der Waals surface area contributed by atoms with Gasteiger partial charge in [0.2, 0.25) is 11.8 Å². The summed E-state index contributed by atoms with van der Waals surface area (Å²) < 4.78 is 6.08. The van der Waals surface area contributed by atoms with Gasteiger partial charge >= 0.3 is 0 Å². The average Bonchev–Trinajstić information content (AvgIpc) is 3.17. The van der Waals surface area contributed by atoms with Gasteiger partial charge in [0, 0.05) is 24.4 Å². The number of carbonyl (C=O) groups excluding carboxylic acids is 2. The van der Waals surface area contributed by atoms with Crippen LogP contribution in [-0.2, 0) is 16.0 Å². The second-order valence-corrected chi connectivity index (χ2v) is 7.08. The lowest BCUT2D eigenvalue weighted by atomic mass is 10.0. The largest absolute Gasteiger partial charge is 0.497 e. The summed E-state index contributed by atoms with van der Waals surface area (Å²) in [7, 11) is 1.63. The minimum atomic E-state index is -0.510. The molecule has 0 aliphatic carbocycles. The molecule has 7 heteroatoms. The zero-order chi connectivity index (χ0) is 16.8. The number of hydrogen-bond donors (Lipinski definition) is 2. The van der Waals surface area contributed by atoms with Gasteiger partial charge in [-0.1, -0.05) is 0 Å². The molecular formula is C17H18BrN3O3. The van der Waals surface area contributed by atoms with Gasteiger partial charge in [-0.3, -0.25) is 9.59 Å². The summed E-state index contributed by atoms with van der Waals surface area (Å²) >= 11 is 3.54. The minimum absolute atomic E-state index is 0.0202. The number of H-pyrrole nitrogens is 1. The maximum atomic E-state index is 12.7. The van der Waals surface area contributed by atoms with Crippen LogP contribution in [0.25, 0.3) is 10.9 Å². The van der Waals surface area contributed by atoms with Crippen molar-refractivity contribution in [2.24, 2.45) is 0 Å². The quantitative estimate of drug-likeness (QED) is 0.839. The maximum absolute atomic E-state index is 12.7. The van der Waals surface area contributed by atoms with Crippen molar-refractivity contribution in [3.8, 4) is 5.75 Å². The lowest BCUT2D eigenvalue weighted by molar-refractivity contribution is -0.146. The summed E-state index contributed by atoms with van der Waals surface area (Å²) in [6.07, 6.45) is 2.12. The molecule has 1 aromatic carbocycles. The van der Waals surface area contributed by atoms with E-state index in [-0.39, 0.29) is 17.9 Å². The van der Waals surface area contributed by atoms with Gasteiger partial charge in [-0.05, 0) is 46.5 Å². The highest BCUT2D eigenvalue weighted by Crippen LogP contribution is 2.31. The third-order valence-corrected chi connectivity index (χ3v) is 5.60. The highest BCUT2D eigenvalue weighted by molar-refractivity contribution is 9.10. The van der Waals surface area contributed by atoms with Gasteiger partial charge in [0.25, 0.3) is 0 Å². The molecule has 2 saturated heterocycles. The highest BCUT2D eigenvalue weighted by Gasteiger charge is 2.43. The molecule has 0 radical (unpaired) electrons. The van der Waals surface area contributed by atoms with Crippen LogP contribution in [0, 0.1) is 0 Å². The van der Waals surface area contributed by atoms with Gasteiger partial charge in [0.1, 0.15) is 17.8 Å². The van der Waals surface area contributed by atoms with Gasteiger partial charge in [-0.2, -0.15) is 0 Å². The maximum Gasteiger partial charge on any atom is 0.246 e. The van der Waals surface area contributed by atoms with Gasteiger partial charge in [0.15, 0.2) is 0 Å². The Morgan fingerprint density at radius 1 is 1.38 bits per heavy atom. The molecule has 126 valence electrons. The van der Waals surface area contributed by atoms with Crippen molar-refractivity contribution in [2.45, 2.75) is 31.3 Å². The number of fused-ring (bicyclic) bond motifs is 2. The zero-order valence-corrected chi connectivity index (χ0v) is 14.9. The van der Waals surface area contributed by atoms with Crippen LogP contribution in [0.3, 0.4) is 0 Å². The van der Waals surface area contributed by atoms with Gasteiger partial charge < -0.3 is 19.9 Å². The van der Waals surface area contributed by atoms with E-state index in [2.05, 4.69) is 26.2 Å². The molecule has 2 atom stereocenters. The number of halogens is 1. The Morgan fingerprint density at radius 3 is 3.00 bits per heavy atom. The zero-order valence-electron chi connectivity index (χ0n) is 13.3. The monoisotopic (exact) mass is 391 g/mol. The standard InChI is InChI=1S/C17H18BrN3O3/c1-24-9-4-5-10-11(15(18)19-12(10)7-9)8-13-17(23)21-6-2-3-14(21)16(22)20-13/h4-5,7,13-14,19H,2-3,6,8H2,1H3,(H,20,22)/t13-,14-/m0/s1. The SMILES string of the molecule is COc1ccc2c(C[C@@H]3NC(=O)[C@@H]4CCCN4C3=O)c(Br)[nH]c2c1. The molecule has 2 aromatic rings. The van der Waals surface area contributed by atoms with Crippen LogP contribution in [0.2, 0.25) is 0 Å². The fourth-order valence-corrected chi connectivity index (χ4v) is 4.29. The first kappa shape index (κ1) is 15.5. The van der Waals surface area contributed by atoms with Crippen LogP contribution in [0.4, 0.5) is 0 Å². The number of rotatable bonds is 3. The normalized spacial score (nSPS) is 23.5. The van der Waals surface area contributed by atoms with Crippen molar-refractivity contribution in [1.29, 1.82) is 0 Å². The van der Waals surface area contributed by atoms with Crippen LogP contribution in [0.1, 0.15) is 18.4 Å². The van der Waals surface area contributed by atoms with Crippen molar-refractivity contribution in [3.05, 3.63) is 28.4 Å². The number of nitrogens with one attached hydrogen (secondary N) is 2. The lowest BCUT2D eigenvalue weighted by Crippen LogP contribution is -2.61. The molecular weight excluding hydrogens is 374 g/mol. The van der Waals surface area contributed by atoms with Crippen LogP contribution in [0.5, 0.6) is 5.75 Å². The molecule has 24 heavy (non-hydrogen) atoms. The van der Waals surface area contributed by atoms with Crippen molar-refractivity contribution < 1.29 is 14.3 Å². The number of hydrogen-bond acceptors (Lipinski definition) is 3. The number of nitrogens with zero attached hydrogens (tertiary/aromatic N) is 1. The first-order valence-corrected chi connectivity index (χ1v) is 8.82. The molecule has 0 bridgehead atoms. The number of aromatic amines is 1. The van der Waals surface area contributed by atoms with E-state index in [0.717, 1.165) is 39.7 Å². The molecule has 2 fully saturated rings. The number of methoxy groups -OCH3 is 1. The van der Waals surface area contributed by atoms with Crippen molar-refractivity contribution in [1.82, 2.24) is 15.2 Å². The first-order chi connectivity index (χ1) is 11.6. The van der Waals surface area contributed by atoms with Crippen molar-refractivity contribution in [2.75, 3.05) is 13.7 Å². The molecule has 4 rings (SSSR count). The fourth-order valence-electron chi connectivity index (χ4n) is 3.70. The second kappa shape index (κ2) is 5.81. The van der Waals surface area contributed by atoms with E-state index in [4.69, 9.17) is 4.74 Å². The summed E-state index contributed by atoms with van der Waals surface area (Å²) in [6.45, 7) is 0.680. The molecule has 1 aromatic heterocycles. The highest BCUT2D eigenvalue weighted by atomic mass is 79.9. The van der Waals surface area contributed by atoms with Crippen LogP contribution in [-0.4, -0.2) is 47.4 Å². The molecule has 0 unspecified atom stereocenters. The van der Waals surface area contributed by atoms with Gasteiger partial charge in [-0.15, -0.1) is 0 Å². The van der Waals surface area contributed by atoms with Crippen LogP contribution >= 0.6 is 15.9 Å². The number of amides is 2. The summed E-state index contributed by atoms with van der Waals surface area (Å²) in [5.74, 6) is 0.756. The van der Waals surface area contributed by atoms with E-state index >= 15 is 0 Å². The van der Waals surface area contributed by atoms with E-state index in [1.54, 1.807) is 12.0 Å². The van der Waals surface area contributed by atoms with E-state index in [1.807, 2.05) is 18.2 Å². The van der Waals surface area contributed by atoms with Gasteiger partial charge in [0.05, 0.1) is 17.2 Å². The fraction of sp³-hybridized carbons (Fsp3) is 0.412. The van der Waals surface area contributed by atoms with Crippen LogP contribution < -0.4 is 10.1 Å². The Hall–Kier alpha value is -2.02. The Bertz CT molecular complexity index is 832. The summed E-state index contributed by atoms with van der Waals surface area (Å²) in [5.41, 5.74) is 1.92. The Labute approximate surface area is 147 Å². The molecule has 2 aliphatic rings. The Balaban J connectivity index is 1.65. The molecule has 0 spiro atoms. The number of benzene rings is 1. The van der Waals surface area contributed by atoms with Crippen molar-refractivity contribution in [3.63, 3.8) is 0 Å². The Morgan fingerprint density at radius 2 is 2.21 bits per heavy atom. The van der Waals surface area contributed by atoms with E-state index in [9.17, 15) is 9.59 Å². The number of aromatic nitrogens is 1. The lowest BCUT2D eigenvalue weighted by Gasteiger charge is -2.34. The first-order valence-electron chi connectivity index (χ1n) is 8.03. The van der Waals surface area contributed by atoms with Crippen LogP contribution in [0.15, 0.2) is 22.8 Å². The minimum Gasteiger partial charge on any atom is -0.497 e. The number of piperazine rings is 1. The number of ether oxygens (including phenoxy) is 1. The van der Waals surface area contributed by atoms with E-state index in [1.165, 1.54) is 0 Å². The number of carbonyl (C=O) groups is 2. The third-order valence-electron chi connectivity index (χ3n) is 4.92. The summed E-state index contributed by atoms with van der Waals surface area (Å²) in [4.78, 5) is 29.9. The second-order valence-electron chi connectivity index (χ2n) is 6.28. The average molecular weight is 392 g/mol. The molecule has 2 N–H and O–H groups in total. The van der Waals surface area contributed by atoms with Gasteiger partial charge in [-0.25, -0.2) is 0 Å². The molecule has 2 aliphatic heterocycles. The molecule has 6 nitrogen and oxygen atoms in total. The predicted molar refractivity (Wildman–Crippen MR) is 92.9 cm³/mol. The summed E-state index contributed by atoms with van der Waals surface area (Å²) in [6, 6.07) is 5.00. The third kappa shape index (κ3) is 2.38. The topological polar surface area (TPSA) is 74.4 Å². The van der Waals surface area contributed by atoms with Crippen molar-refractivity contribution >= 4 is 38.6 Å². The molecule has 3 heterocycles.